The first kappa shape index (κ1) is 12.7. The Labute approximate surface area is 121 Å². The number of hydrogen-bond acceptors (Lipinski definition) is 3. The lowest BCUT2D eigenvalue weighted by Gasteiger charge is -2.16. The molecule has 1 nitrogen and oxygen atoms in total. The lowest BCUT2D eigenvalue weighted by molar-refractivity contribution is 0.858. The Morgan fingerprint density at radius 2 is 1.79 bits per heavy atom. The third-order valence-corrected chi connectivity index (χ3v) is 5.11. The van der Waals surface area contributed by atoms with Crippen LogP contribution in [-0.4, -0.2) is 6.26 Å². The summed E-state index contributed by atoms with van der Waals surface area (Å²) in [4.78, 5) is 1.25. The molecule has 19 heavy (non-hydrogen) atoms. The average molecular weight is 285 g/mol. The van der Waals surface area contributed by atoms with E-state index in [1.165, 1.54) is 26.1 Å². The molecule has 1 heterocycles. The number of hydrogen-bond donors (Lipinski definition) is 1. The molecule has 0 aliphatic carbocycles. The summed E-state index contributed by atoms with van der Waals surface area (Å²) in [6, 6.07) is 16.8. The van der Waals surface area contributed by atoms with Crippen LogP contribution in [0.1, 0.15) is 17.2 Å². The summed E-state index contributed by atoms with van der Waals surface area (Å²) in [6.45, 7) is 0. The molecule has 0 aliphatic rings. The van der Waals surface area contributed by atoms with E-state index in [0.29, 0.717) is 0 Å². The van der Waals surface area contributed by atoms with Gasteiger partial charge in [0.05, 0.1) is 6.04 Å². The molecule has 3 heteroatoms. The van der Waals surface area contributed by atoms with Crippen molar-refractivity contribution >= 4 is 33.2 Å². The maximum atomic E-state index is 6.51. The zero-order valence-electron chi connectivity index (χ0n) is 10.7. The van der Waals surface area contributed by atoms with E-state index < -0.39 is 0 Å². The van der Waals surface area contributed by atoms with Gasteiger partial charge in [-0.1, -0.05) is 36.4 Å². The van der Waals surface area contributed by atoms with Crippen LogP contribution in [0.2, 0.25) is 0 Å². The van der Waals surface area contributed by atoms with Gasteiger partial charge >= 0.3 is 0 Å². The minimum Gasteiger partial charge on any atom is -0.320 e. The topological polar surface area (TPSA) is 26.0 Å². The van der Waals surface area contributed by atoms with Crippen LogP contribution in [0.15, 0.2) is 58.8 Å². The number of benzene rings is 2. The van der Waals surface area contributed by atoms with Gasteiger partial charge in [-0.25, -0.2) is 0 Å². The van der Waals surface area contributed by atoms with Crippen molar-refractivity contribution in [3.8, 4) is 0 Å². The number of nitrogens with two attached hydrogens (primary N) is 1. The van der Waals surface area contributed by atoms with Gasteiger partial charge in [-0.15, -0.1) is 23.1 Å². The molecular formula is C16H15NS2. The normalized spacial score (nSPS) is 12.7. The zero-order chi connectivity index (χ0) is 13.2. The van der Waals surface area contributed by atoms with Crippen LogP contribution < -0.4 is 5.73 Å². The highest BCUT2D eigenvalue weighted by Crippen LogP contribution is 2.34. The largest absolute Gasteiger partial charge is 0.320 e. The first-order chi connectivity index (χ1) is 9.31. The lowest BCUT2D eigenvalue weighted by Crippen LogP contribution is -2.12. The molecule has 0 fully saturated rings. The summed E-state index contributed by atoms with van der Waals surface area (Å²) in [7, 11) is 0. The van der Waals surface area contributed by atoms with Crippen LogP contribution in [0.4, 0.5) is 0 Å². The standard InChI is InChI=1S/C16H15NS2/c1-18-14-8-3-2-6-12(14)15(17)13-7-4-5-11-9-10-19-16(11)13/h2-10,15H,17H2,1H3. The average Bonchev–Trinajstić information content (AvgIpc) is 2.94. The summed E-state index contributed by atoms with van der Waals surface area (Å²) in [5.41, 5.74) is 8.93. The van der Waals surface area contributed by atoms with Gasteiger partial charge in [-0.3, -0.25) is 0 Å². The highest BCUT2D eigenvalue weighted by atomic mass is 32.2. The van der Waals surface area contributed by atoms with E-state index in [1.54, 1.807) is 23.1 Å². The van der Waals surface area contributed by atoms with E-state index in [1.807, 2.05) is 0 Å². The molecule has 0 saturated heterocycles. The van der Waals surface area contributed by atoms with Gasteiger partial charge in [0.25, 0.3) is 0 Å². The van der Waals surface area contributed by atoms with Crippen molar-refractivity contribution in [1.29, 1.82) is 0 Å². The van der Waals surface area contributed by atoms with Crippen molar-refractivity contribution in [2.24, 2.45) is 5.73 Å². The van der Waals surface area contributed by atoms with E-state index >= 15 is 0 Å². The summed E-state index contributed by atoms with van der Waals surface area (Å²) >= 11 is 3.51. The fraction of sp³-hybridized carbons (Fsp3) is 0.125. The monoisotopic (exact) mass is 285 g/mol. The Bertz CT molecular complexity index is 703. The fourth-order valence-electron chi connectivity index (χ4n) is 2.35. The third-order valence-electron chi connectivity index (χ3n) is 3.32. The Hall–Kier alpha value is -1.29. The molecule has 1 atom stereocenters. The van der Waals surface area contributed by atoms with Gasteiger partial charge in [-0.05, 0) is 40.3 Å². The molecule has 2 N–H and O–H groups in total. The minimum atomic E-state index is -0.0639. The molecule has 1 unspecified atom stereocenters. The van der Waals surface area contributed by atoms with Gasteiger partial charge in [0.1, 0.15) is 0 Å². The summed E-state index contributed by atoms with van der Waals surface area (Å²) in [5, 5.41) is 3.40. The molecule has 2 aromatic carbocycles. The fourth-order valence-corrected chi connectivity index (χ4v) is 3.95. The van der Waals surface area contributed by atoms with E-state index in [0.717, 1.165) is 0 Å². The molecule has 0 aliphatic heterocycles. The number of rotatable bonds is 3. The molecular weight excluding hydrogens is 270 g/mol. The van der Waals surface area contributed by atoms with Gasteiger partial charge in [0, 0.05) is 9.60 Å². The van der Waals surface area contributed by atoms with E-state index in [4.69, 9.17) is 5.73 Å². The Morgan fingerprint density at radius 3 is 2.63 bits per heavy atom. The van der Waals surface area contributed by atoms with Crippen LogP contribution in [0.3, 0.4) is 0 Å². The van der Waals surface area contributed by atoms with Crippen molar-refractivity contribution in [2.75, 3.05) is 6.26 Å². The second-order valence-electron chi connectivity index (χ2n) is 4.41. The van der Waals surface area contributed by atoms with Crippen LogP contribution in [0.5, 0.6) is 0 Å². The number of fused-ring (bicyclic) bond motifs is 1. The molecule has 96 valence electrons. The molecule has 0 amide bonds. The summed E-state index contributed by atoms with van der Waals surface area (Å²) in [6.07, 6.45) is 2.09. The maximum absolute atomic E-state index is 6.51. The predicted molar refractivity (Wildman–Crippen MR) is 86.1 cm³/mol. The Balaban J connectivity index is 2.13. The summed E-state index contributed by atoms with van der Waals surface area (Å²) in [5.74, 6) is 0. The van der Waals surface area contributed by atoms with Crippen LogP contribution >= 0.6 is 23.1 Å². The van der Waals surface area contributed by atoms with Gasteiger partial charge in [0.2, 0.25) is 0 Å². The number of thioether (sulfide) groups is 1. The number of thiophene rings is 1. The third kappa shape index (κ3) is 2.29. The SMILES string of the molecule is CSc1ccccc1C(N)c1cccc2ccsc12. The second-order valence-corrected chi connectivity index (χ2v) is 6.17. The molecule has 0 saturated carbocycles. The van der Waals surface area contributed by atoms with Gasteiger partial charge in [0.15, 0.2) is 0 Å². The van der Waals surface area contributed by atoms with Crippen LogP contribution in [-0.2, 0) is 0 Å². The Morgan fingerprint density at radius 1 is 1.00 bits per heavy atom. The van der Waals surface area contributed by atoms with E-state index in [2.05, 4.69) is 60.2 Å². The van der Waals surface area contributed by atoms with Crippen LogP contribution in [0, 0.1) is 0 Å². The van der Waals surface area contributed by atoms with Crippen molar-refractivity contribution in [1.82, 2.24) is 0 Å². The van der Waals surface area contributed by atoms with E-state index in [-0.39, 0.29) is 6.04 Å². The maximum Gasteiger partial charge on any atom is 0.0576 e. The van der Waals surface area contributed by atoms with Gasteiger partial charge in [-0.2, -0.15) is 0 Å². The van der Waals surface area contributed by atoms with Gasteiger partial charge < -0.3 is 5.73 Å². The smallest absolute Gasteiger partial charge is 0.0576 e. The zero-order valence-corrected chi connectivity index (χ0v) is 12.3. The van der Waals surface area contributed by atoms with Crippen molar-refractivity contribution < 1.29 is 0 Å². The molecule has 0 radical (unpaired) electrons. The molecule has 0 spiro atoms. The van der Waals surface area contributed by atoms with Crippen molar-refractivity contribution in [3.63, 3.8) is 0 Å². The van der Waals surface area contributed by atoms with Crippen LogP contribution in [0.25, 0.3) is 10.1 Å². The molecule has 3 rings (SSSR count). The second kappa shape index (κ2) is 5.37. The van der Waals surface area contributed by atoms with Crippen molar-refractivity contribution in [2.45, 2.75) is 10.9 Å². The minimum absolute atomic E-state index is 0.0639. The highest BCUT2D eigenvalue weighted by molar-refractivity contribution is 7.98. The molecule has 0 bridgehead atoms. The first-order valence-electron chi connectivity index (χ1n) is 6.16. The first-order valence-corrected chi connectivity index (χ1v) is 8.26. The van der Waals surface area contributed by atoms with E-state index in [9.17, 15) is 0 Å². The molecule has 1 aromatic heterocycles. The highest BCUT2D eigenvalue weighted by Gasteiger charge is 2.15. The lowest BCUT2D eigenvalue weighted by atomic mass is 9.98. The Kier molecular flexibility index (Phi) is 3.60. The quantitative estimate of drug-likeness (QED) is 0.708. The predicted octanol–water partition coefficient (Wildman–Crippen LogP) is 4.67. The van der Waals surface area contributed by atoms with Crippen molar-refractivity contribution in [3.05, 3.63) is 65.0 Å². The summed E-state index contributed by atoms with van der Waals surface area (Å²) < 4.78 is 1.30. The molecule has 3 aromatic rings.